The van der Waals surface area contributed by atoms with Crippen LogP contribution >= 0.6 is 12.6 Å². The second kappa shape index (κ2) is 19.3. The molecule has 0 radical (unpaired) electrons. The summed E-state index contributed by atoms with van der Waals surface area (Å²) in [6.07, 6.45) is 4.31. The first-order chi connectivity index (χ1) is 13.0. The number of rotatable bonds is 2. The van der Waals surface area contributed by atoms with Crippen LogP contribution in [-0.2, 0) is 0 Å². The van der Waals surface area contributed by atoms with Crippen LogP contribution in [0, 0.1) is 27.7 Å². The molecule has 0 bridgehead atoms. The molecule has 0 fully saturated rings. The molecule has 0 atom stereocenters. The zero-order chi connectivity index (χ0) is 22.0. The van der Waals surface area contributed by atoms with E-state index in [9.17, 15) is 0 Å². The van der Waals surface area contributed by atoms with Gasteiger partial charge in [-0.05, 0) is 67.1 Å². The molecule has 0 aliphatic carbocycles. The number of aryl methyl sites for hydroxylation is 4. The van der Waals surface area contributed by atoms with Crippen LogP contribution in [0.1, 0.15) is 88.8 Å². The average molecular weight is 389 g/mol. The maximum atomic E-state index is 4.53. The fourth-order valence-electron chi connectivity index (χ4n) is 2.14. The van der Waals surface area contributed by atoms with Crippen molar-refractivity contribution in [2.45, 2.75) is 88.0 Å². The van der Waals surface area contributed by atoms with Gasteiger partial charge in [-0.3, -0.25) is 0 Å². The van der Waals surface area contributed by atoms with Gasteiger partial charge < -0.3 is 0 Å². The Kier molecular flexibility index (Phi) is 21.6. The summed E-state index contributed by atoms with van der Waals surface area (Å²) in [5.74, 6) is 0. The Labute approximate surface area is 176 Å². The van der Waals surface area contributed by atoms with Gasteiger partial charge in [-0.25, -0.2) is 0 Å². The van der Waals surface area contributed by atoms with E-state index < -0.39 is 0 Å². The van der Waals surface area contributed by atoms with Gasteiger partial charge in [-0.15, -0.1) is 12.6 Å². The zero-order valence-corrected chi connectivity index (χ0v) is 20.9. The quantitative estimate of drug-likeness (QED) is 0.384. The molecule has 27 heavy (non-hydrogen) atoms. The Morgan fingerprint density at radius 3 is 1.48 bits per heavy atom. The number of hydrogen-bond donors (Lipinski definition) is 1. The van der Waals surface area contributed by atoms with Crippen molar-refractivity contribution < 1.29 is 0 Å². The molecule has 154 valence electrons. The molecule has 0 unspecified atom stereocenters. The molecule has 0 aliphatic rings. The Morgan fingerprint density at radius 2 is 1.00 bits per heavy atom. The maximum Gasteiger partial charge on any atom is 0.0115 e. The lowest BCUT2D eigenvalue weighted by Gasteiger charge is -2.06. The Balaban J connectivity index is -0.000000638. The Hall–Kier alpha value is -1.47. The first-order valence-electron chi connectivity index (χ1n) is 10.5. The van der Waals surface area contributed by atoms with Crippen LogP contribution in [0.4, 0.5) is 0 Å². The monoisotopic (exact) mass is 388 g/mol. The highest BCUT2D eigenvalue weighted by Crippen LogP contribution is 2.21. The van der Waals surface area contributed by atoms with E-state index in [0.717, 1.165) is 10.5 Å². The Bertz CT molecular complexity index is 637. The molecule has 0 amide bonds. The lowest BCUT2D eigenvalue weighted by molar-refractivity contribution is 1.29. The summed E-state index contributed by atoms with van der Waals surface area (Å²) < 4.78 is 0. The van der Waals surface area contributed by atoms with Crippen molar-refractivity contribution in [2.75, 3.05) is 0 Å². The van der Waals surface area contributed by atoms with Crippen molar-refractivity contribution in [1.82, 2.24) is 0 Å². The summed E-state index contributed by atoms with van der Waals surface area (Å²) in [6.45, 7) is 24.5. The van der Waals surface area contributed by atoms with Crippen molar-refractivity contribution >= 4 is 24.8 Å². The van der Waals surface area contributed by atoms with E-state index in [0.29, 0.717) is 0 Å². The highest BCUT2D eigenvalue weighted by Gasteiger charge is 2.00. The normalized spacial score (nSPS) is 8.78. The van der Waals surface area contributed by atoms with Gasteiger partial charge in [0.25, 0.3) is 0 Å². The summed E-state index contributed by atoms with van der Waals surface area (Å²) in [5.41, 5.74) is 7.67. The largest absolute Gasteiger partial charge is 0.143 e. The molecule has 1 heteroatoms. The minimum atomic E-state index is 1.03. The van der Waals surface area contributed by atoms with Gasteiger partial charge in [-0.1, -0.05) is 91.8 Å². The Morgan fingerprint density at radius 1 is 0.556 bits per heavy atom. The summed E-state index contributed by atoms with van der Waals surface area (Å²) >= 11 is 4.53. The van der Waals surface area contributed by atoms with Gasteiger partial charge in [-0.2, -0.15) is 0 Å². The number of hydrogen-bond acceptors (Lipinski definition) is 1. The first-order valence-corrected chi connectivity index (χ1v) is 11.0. The van der Waals surface area contributed by atoms with E-state index in [1.54, 1.807) is 0 Å². The third-order valence-corrected chi connectivity index (χ3v) is 3.90. The second-order valence-electron chi connectivity index (χ2n) is 5.19. The van der Waals surface area contributed by atoms with Gasteiger partial charge >= 0.3 is 0 Å². The highest BCUT2D eigenvalue weighted by atomic mass is 32.1. The molecule has 0 saturated carbocycles. The van der Waals surface area contributed by atoms with Gasteiger partial charge in [0.15, 0.2) is 0 Å². The van der Waals surface area contributed by atoms with E-state index in [1.165, 1.54) is 27.8 Å². The predicted octanol–water partition coefficient (Wildman–Crippen LogP) is 9.48. The predicted molar refractivity (Wildman–Crippen MR) is 133 cm³/mol. The minimum absolute atomic E-state index is 1.03. The van der Waals surface area contributed by atoms with E-state index in [2.05, 4.69) is 82.8 Å². The molecule has 0 saturated heterocycles. The fourth-order valence-corrected chi connectivity index (χ4v) is 2.49. The van der Waals surface area contributed by atoms with Crippen molar-refractivity contribution in [2.24, 2.45) is 0 Å². The van der Waals surface area contributed by atoms with Gasteiger partial charge in [0.05, 0.1) is 0 Å². The van der Waals surface area contributed by atoms with Crippen LogP contribution in [0.15, 0.2) is 35.2 Å². The molecule has 0 aromatic heterocycles. The summed E-state index contributed by atoms with van der Waals surface area (Å²) in [6, 6.07) is 10.8. The van der Waals surface area contributed by atoms with Gasteiger partial charge in [0, 0.05) is 4.90 Å². The van der Waals surface area contributed by atoms with Crippen molar-refractivity contribution in [3.8, 4) is 0 Å². The fraction of sp³-hybridized carbons (Fsp3) is 0.462. The van der Waals surface area contributed by atoms with E-state index in [1.807, 2.05) is 55.4 Å². The van der Waals surface area contributed by atoms with Gasteiger partial charge in [0.1, 0.15) is 0 Å². The van der Waals surface area contributed by atoms with Crippen molar-refractivity contribution in [3.05, 3.63) is 63.7 Å². The van der Waals surface area contributed by atoms with Crippen LogP contribution in [0.25, 0.3) is 12.2 Å². The summed E-state index contributed by atoms with van der Waals surface area (Å²) in [7, 11) is 0. The maximum absolute atomic E-state index is 4.53. The topological polar surface area (TPSA) is 0 Å². The SMILES string of the molecule is CC.CC.CC.CC.Cc1ccc(/C=C/c2cc(C)c(C)cc2C)c(S)c1. The molecular formula is C26H44S. The van der Waals surface area contributed by atoms with Crippen LogP contribution in [-0.4, -0.2) is 0 Å². The molecule has 2 rings (SSSR count). The van der Waals surface area contributed by atoms with E-state index >= 15 is 0 Å². The standard InChI is InChI=1S/C18H20S.4C2H6/c1-12-5-6-16(18(19)9-12)7-8-17-11-14(3)13(2)10-15(17)4;4*1-2/h5-11,19H,1-4H3;4*1-2H3/b8-7+;;;;. The summed E-state index contributed by atoms with van der Waals surface area (Å²) in [4.78, 5) is 1.03. The molecule has 2 aromatic carbocycles. The van der Waals surface area contributed by atoms with E-state index in [4.69, 9.17) is 0 Å². The number of benzene rings is 2. The van der Waals surface area contributed by atoms with Crippen LogP contribution in [0.5, 0.6) is 0 Å². The zero-order valence-electron chi connectivity index (χ0n) is 20.0. The van der Waals surface area contributed by atoms with Crippen LogP contribution in [0.3, 0.4) is 0 Å². The lowest BCUT2D eigenvalue weighted by atomic mass is 10.00. The molecule has 0 aliphatic heterocycles. The third kappa shape index (κ3) is 11.8. The average Bonchev–Trinajstić information content (AvgIpc) is 2.71. The summed E-state index contributed by atoms with van der Waals surface area (Å²) in [5, 5.41) is 0. The molecule has 0 heterocycles. The van der Waals surface area contributed by atoms with Crippen LogP contribution in [0.2, 0.25) is 0 Å². The van der Waals surface area contributed by atoms with E-state index in [-0.39, 0.29) is 0 Å². The smallest absolute Gasteiger partial charge is 0.0115 e. The highest BCUT2D eigenvalue weighted by molar-refractivity contribution is 7.80. The molecule has 0 N–H and O–H groups in total. The minimum Gasteiger partial charge on any atom is -0.143 e. The molecule has 0 nitrogen and oxygen atoms in total. The van der Waals surface area contributed by atoms with Gasteiger partial charge in [0.2, 0.25) is 0 Å². The third-order valence-electron chi connectivity index (χ3n) is 3.51. The van der Waals surface area contributed by atoms with Crippen molar-refractivity contribution in [3.63, 3.8) is 0 Å². The molecule has 0 spiro atoms. The molecule has 2 aromatic rings. The second-order valence-corrected chi connectivity index (χ2v) is 5.67. The van der Waals surface area contributed by atoms with Crippen molar-refractivity contribution in [1.29, 1.82) is 0 Å². The lowest BCUT2D eigenvalue weighted by Crippen LogP contribution is -1.87. The first kappa shape index (κ1) is 30.3. The molecular weight excluding hydrogens is 344 g/mol. The number of thiol groups is 1. The van der Waals surface area contributed by atoms with Crippen LogP contribution < -0.4 is 0 Å².